The summed E-state index contributed by atoms with van der Waals surface area (Å²) >= 11 is 3.01. The van der Waals surface area contributed by atoms with Gasteiger partial charge in [-0.25, -0.2) is 17.2 Å². The van der Waals surface area contributed by atoms with Crippen molar-refractivity contribution >= 4 is 31.6 Å². The first-order chi connectivity index (χ1) is 9.83. The molecule has 0 aliphatic heterocycles. The number of rotatable bonds is 3. The van der Waals surface area contributed by atoms with E-state index in [4.69, 9.17) is 5.26 Å². The lowest BCUT2D eigenvalue weighted by Gasteiger charge is -2.10. The molecule has 0 aromatic heterocycles. The van der Waals surface area contributed by atoms with E-state index in [0.717, 1.165) is 24.3 Å². The van der Waals surface area contributed by atoms with Crippen LogP contribution in [0.15, 0.2) is 45.8 Å². The van der Waals surface area contributed by atoms with Crippen molar-refractivity contribution in [3.05, 3.63) is 58.1 Å². The number of halogens is 3. The molecule has 2 aromatic carbocycles. The van der Waals surface area contributed by atoms with E-state index in [-0.39, 0.29) is 11.3 Å². The minimum Gasteiger partial charge on any atom is -0.277 e. The standard InChI is InChI=1S/C13H7BrF2N2O2S/c14-9-2-4-13(11(16)6-9)21(19,20)18-12-3-1-8(7-17)5-10(12)15/h1-6,18H. The Morgan fingerprint density at radius 1 is 1.10 bits per heavy atom. The molecular weight excluding hydrogens is 366 g/mol. The Labute approximate surface area is 128 Å². The van der Waals surface area contributed by atoms with Gasteiger partial charge in [0.05, 0.1) is 17.3 Å². The van der Waals surface area contributed by atoms with Crippen molar-refractivity contribution in [2.24, 2.45) is 0 Å². The zero-order chi connectivity index (χ0) is 15.6. The maximum atomic E-state index is 13.7. The second kappa shape index (κ2) is 5.79. The van der Waals surface area contributed by atoms with E-state index < -0.39 is 26.6 Å². The molecule has 0 unspecified atom stereocenters. The molecular formula is C13H7BrF2N2O2S. The molecule has 0 aliphatic rings. The van der Waals surface area contributed by atoms with Gasteiger partial charge in [-0.3, -0.25) is 4.72 Å². The Bertz CT molecular complexity index is 848. The maximum Gasteiger partial charge on any atom is 0.264 e. The van der Waals surface area contributed by atoms with Gasteiger partial charge < -0.3 is 0 Å². The van der Waals surface area contributed by atoms with Crippen LogP contribution in [0.1, 0.15) is 5.56 Å². The molecule has 108 valence electrons. The van der Waals surface area contributed by atoms with E-state index in [1.54, 1.807) is 6.07 Å². The zero-order valence-electron chi connectivity index (χ0n) is 10.3. The van der Waals surface area contributed by atoms with E-state index in [9.17, 15) is 17.2 Å². The Kier molecular flexibility index (Phi) is 4.25. The Hall–Kier alpha value is -1.98. The van der Waals surface area contributed by atoms with Gasteiger partial charge >= 0.3 is 0 Å². The van der Waals surface area contributed by atoms with E-state index in [2.05, 4.69) is 15.9 Å². The number of sulfonamides is 1. The number of benzene rings is 2. The van der Waals surface area contributed by atoms with Crippen LogP contribution in [0.4, 0.5) is 14.5 Å². The molecule has 0 radical (unpaired) electrons. The molecule has 0 amide bonds. The third-order valence-electron chi connectivity index (χ3n) is 2.53. The summed E-state index contributed by atoms with van der Waals surface area (Å²) in [6, 6.07) is 8.36. The van der Waals surface area contributed by atoms with Crippen molar-refractivity contribution < 1.29 is 17.2 Å². The van der Waals surface area contributed by atoms with Crippen LogP contribution < -0.4 is 4.72 Å². The third kappa shape index (κ3) is 3.37. The second-order valence-electron chi connectivity index (χ2n) is 3.99. The molecule has 0 spiro atoms. The van der Waals surface area contributed by atoms with Gasteiger partial charge in [0.25, 0.3) is 10.0 Å². The summed E-state index contributed by atoms with van der Waals surface area (Å²) in [5, 5.41) is 8.62. The fourth-order valence-electron chi connectivity index (χ4n) is 1.56. The van der Waals surface area contributed by atoms with Crippen LogP contribution in [0.25, 0.3) is 0 Å². The molecule has 0 saturated heterocycles. The van der Waals surface area contributed by atoms with Crippen molar-refractivity contribution in [1.29, 1.82) is 5.26 Å². The first-order valence-corrected chi connectivity index (χ1v) is 7.78. The first-order valence-electron chi connectivity index (χ1n) is 5.51. The molecule has 0 saturated carbocycles. The first kappa shape index (κ1) is 15.4. The van der Waals surface area contributed by atoms with Crippen LogP contribution in [-0.4, -0.2) is 8.42 Å². The van der Waals surface area contributed by atoms with Crippen LogP contribution in [0.3, 0.4) is 0 Å². The summed E-state index contributed by atoms with van der Waals surface area (Å²) < 4.78 is 53.8. The van der Waals surface area contributed by atoms with Crippen LogP contribution in [-0.2, 0) is 10.0 Å². The highest BCUT2D eigenvalue weighted by Crippen LogP contribution is 2.23. The van der Waals surface area contributed by atoms with Gasteiger partial charge in [-0.2, -0.15) is 5.26 Å². The van der Waals surface area contributed by atoms with Crippen molar-refractivity contribution in [3.8, 4) is 6.07 Å². The molecule has 0 fully saturated rings. The molecule has 0 aliphatic carbocycles. The van der Waals surface area contributed by atoms with Crippen molar-refractivity contribution in [2.45, 2.75) is 4.90 Å². The minimum absolute atomic E-state index is 0.0465. The lowest BCUT2D eigenvalue weighted by atomic mass is 10.2. The lowest BCUT2D eigenvalue weighted by Crippen LogP contribution is -2.15. The topological polar surface area (TPSA) is 70.0 Å². The number of anilines is 1. The largest absolute Gasteiger partial charge is 0.277 e. The van der Waals surface area contributed by atoms with E-state index in [1.165, 1.54) is 12.1 Å². The van der Waals surface area contributed by atoms with Gasteiger partial charge in [0.15, 0.2) is 0 Å². The van der Waals surface area contributed by atoms with Crippen LogP contribution in [0.2, 0.25) is 0 Å². The quantitative estimate of drug-likeness (QED) is 0.897. The summed E-state index contributed by atoms with van der Waals surface area (Å²) in [5.74, 6) is -1.89. The predicted octanol–water partition coefficient (Wildman–Crippen LogP) is 3.40. The molecule has 8 heteroatoms. The summed E-state index contributed by atoms with van der Waals surface area (Å²) in [5.41, 5.74) is -0.318. The van der Waals surface area contributed by atoms with Gasteiger partial charge in [-0.1, -0.05) is 15.9 Å². The minimum atomic E-state index is -4.27. The summed E-state index contributed by atoms with van der Waals surface area (Å²) in [7, 11) is -4.27. The predicted molar refractivity (Wildman–Crippen MR) is 76.0 cm³/mol. The maximum absolute atomic E-state index is 13.7. The fraction of sp³-hybridized carbons (Fsp3) is 0. The van der Waals surface area contributed by atoms with Gasteiger partial charge in [0, 0.05) is 4.47 Å². The Morgan fingerprint density at radius 2 is 1.81 bits per heavy atom. The van der Waals surface area contributed by atoms with Gasteiger partial charge in [-0.05, 0) is 36.4 Å². The molecule has 2 rings (SSSR count). The smallest absolute Gasteiger partial charge is 0.264 e. The number of nitriles is 1. The van der Waals surface area contributed by atoms with Gasteiger partial charge in [0.1, 0.15) is 16.5 Å². The van der Waals surface area contributed by atoms with Crippen molar-refractivity contribution in [3.63, 3.8) is 0 Å². The van der Waals surface area contributed by atoms with Crippen molar-refractivity contribution in [1.82, 2.24) is 0 Å². The van der Waals surface area contributed by atoms with Crippen LogP contribution >= 0.6 is 15.9 Å². The molecule has 21 heavy (non-hydrogen) atoms. The number of hydrogen-bond donors (Lipinski definition) is 1. The zero-order valence-corrected chi connectivity index (χ0v) is 12.7. The molecule has 1 N–H and O–H groups in total. The highest BCUT2D eigenvalue weighted by Gasteiger charge is 2.20. The lowest BCUT2D eigenvalue weighted by molar-refractivity contribution is 0.569. The van der Waals surface area contributed by atoms with E-state index in [1.807, 2.05) is 4.72 Å². The number of nitrogens with zero attached hydrogens (tertiary/aromatic N) is 1. The molecule has 0 bridgehead atoms. The van der Waals surface area contributed by atoms with Crippen molar-refractivity contribution in [2.75, 3.05) is 4.72 Å². The Morgan fingerprint density at radius 3 is 2.38 bits per heavy atom. The SMILES string of the molecule is N#Cc1ccc(NS(=O)(=O)c2ccc(Br)cc2F)c(F)c1. The van der Waals surface area contributed by atoms with E-state index in [0.29, 0.717) is 4.47 Å². The average molecular weight is 373 g/mol. The summed E-state index contributed by atoms with van der Waals surface area (Å²) in [6.45, 7) is 0. The Balaban J connectivity index is 2.40. The molecule has 4 nitrogen and oxygen atoms in total. The molecule has 0 heterocycles. The fourth-order valence-corrected chi connectivity index (χ4v) is 3.02. The molecule has 0 atom stereocenters. The normalized spacial score (nSPS) is 11.0. The van der Waals surface area contributed by atoms with Crippen LogP contribution in [0, 0.1) is 23.0 Å². The van der Waals surface area contributed by atoms with E-state index >= 15 is 0 Å². The number of nitrogens with one attached hydrogen (secondary N) is 1. The monoisotopic (exact) mass is 372 g/mol. The second-order valence-corrected chi connectivity index (χ2v) is 6.55. The van der Waals surface area contributed by atoms with Gasteiger partial charge in [-0.15, -0.1) is 0 Å². The van der Waals surface area contributed by atoms with Gasteiger partial charge in [0.2, 0.25) is 0 Å². The summed E-state index contributed by atoms with van der Waals surface area (Å²) in [4.78, 5) is -0.602. The average Bonchev–Trinajstić information content (AvgIpc) is 2.40. The number of hydrogen-bond acceptors (Lipinski definition) is 3. The third-order valence-corrected chi connectivity index (χ3v) is 4.42. The summed E-state index contributed by atoms with van der Waals surface area (Å²) in [6.07, 6.45) is 0. The highest BCUT2D eigenvalue weighted by atomic mass is 79.9. The molecule has 2 aromatic rings. The highest BCUT2D eigenvalue weighted by molar-refractivity contribution is 9.10. The van der Waals surface area contributed by atoms with Crippen LogP contribution in [0.5, 0.6) is 0 Å².